The largest absolute Gasteiger partial charge is 0.257 e. The quantitative estimate of drug-likeness (QED) is 0.686. The molecule has 0 atom stereocenters. The third-order valence-electron chi connectivity index (χ3n) is 3.09. The third-order valence-corrected chi connectivity index (χ3v) is 3.09. The summed E-state index contributed by atoms with van der Waals surface area (Å²) in [4.78, 5) is 4.35. The minimum atomic E-state index is 0.759. The van der Waals surface area contributed by atoms with Crippen molar-refractivity contribution in [1.82, 2.24) is 4.98 Å². The average Bonchev–Trinajstić information content (AvgIpc) is 2.30. The lowest BCUT2D eigenvalue weighted by Crippen LogP contribution is -2.04. The van der Waals surface area contributed by atoms with Crippen molar-refractivity contribution in [2.45, 2.75) is 38.0 Å². The number of pyridine rings is 1. The zero-order chi connectivity index (χ0) is 9.80. The lowest BCUT2D eigenvalue weighted by Gasteiger charge is -2.21. The molecule has 0 amide bonds. The van der Waals surface area contributed by atoms with Crippen LogP contribution in [0.5, 0.6) is 0 Å². The summed E-state index contributed by atoms with van der Waals surface area (Å²) in [5.41, 5.74) is 2.39. The van der Waals surface area contributed by atoms with Crippen LogP contribution in [0.3, 0.4) is 0 Å². The summed E-state index contributed by atoms with van der Waals surface area (Å²) in [6.45, 7) is 3.71. The van der Waals surface area contributed by atoms with Crippen LogP contribution >= 0.6 is 0 Å². The first-order valence-corrected chi connectivity index (χ1v) is 5.48. The van der Waals surface area contributed by atoms with E-state index in [0.717, 1.165) is 11.6 Å². The van der Waals surface area contributed by atoms with Crippen LogP contribution in [-0.4, -0.2) is 4.98 Å². The van der Waals surface area contributed by atoms with Gasteiger partial charge in [0.25, 0.3) is 0 Å². The highest BCUT2D eigenvalue weighted by Gasteiger charge is 2.15. The van der Waals surface area contributed by atoms with Crippen molar-refractivity contribution in [3.8, 4) is 0 Å². The van der Waals surface area contributed by atoms with Gasteiger partial charge in [0.05, 0.1) is 5.69 Å². The Morgan fingerprint density at radius 2 is 2.00 bits per heavy atom. The maximum absolute atomic E-state index is 4.35. The van der Waals surface area contributed by atoms with E-state index >= 15 is 0 Å². The van der Waals surface area contributed by atoms with E-state index in [1.54, 1.807) is 6.08 Å². The second-order valence-corrected chi connectivity index (χ2v) is 4.06. The Bertz CT molecular complexity index is 294. The number of rotatable bonds is 2. The third kappa shape index (κ3) is 2.03. The average molecular weight is 187 g/mol. The van der Waals surface area contributed by atoms with Crippen molar-refractivity contribution >= 4 is 6.08 Å². The molecular formula is C13H17N. The summed E-state index contributed by atoms with van der Waals surface area (Å²) < 4.78 is 0. The Balaban J connectivity index is 2.11. The first kappa shape index (κ1) is 9.45. The second kappa shape index (κ2) is 4.41. The molecule has 1 heterocycles. The SMILES string of the molecule is C=Cc1ccc(C2CCCCC2)cn1. The molecule has 1 aromatic rings. The van der Waals surface area contributed by atoms with Crippen LogP contribution in [0.1, 0.15) is 49.3 Å². The molecule has 0 radical (unpaired) electrons. The van der Waals surface area contributed by atoms with Gasteiger partial charge >= 0.3 is 0 Å². The molecule has 1 aliphatic rings. The van der Waals surface area contributed by atoms with E-state index in [2.05, 4.69) is 23.7 Å². The van der Waals surface area contributed by atoms with Gasteiger partial charge in [-0.3, -0.25) is 4.98 Å². The van der Waals surface area contributed by atoms with Crippen molar-refractivity contribution in [2.24, 2.45) is 0 Å². The molecule has 0 unspecified atom stereocenters. The molecule has 2 rings (SSSR count). The zero-order valence-electron chi connectivity index (χ0n) is 8.58. The molecule has 0 aliphatic heterocycles. The van der Waals surface area contributed by atoms with Crippen molar-refractivity contribution in [3.63, 3.8) is 0 Å². The highest BCUT2D eigenvalue weighted by Crippen LogP contribution is 2.32. The summed E-state index contributed by atoms with van der Waals surface area (Å²) in [7, 11) is 0. The van der Waals surface area contributed by atoms with Gasteiger partial charge < -0.3 is 0 Å². The van der Waals surface area contributed by atoms with Crippen molar-refractivity contribution < 1.29 is 0 Å². The van der Waals surface area contributed by atoms with E-state index < -0.39 is 0 Å². The number of nitrogens with zero attached hydrogens (tertiary/aromatic N) is 1. The van der Waals surface area contributed by atoms with Gasteiger partial charge in [0.15, 0.2) is 0 Å². The fraction of sp³-hybridized carbons (Fsp3) is 0.462. The maximum atomic E-state index is 4.35. The van der Waals surface area contributed by atoms with Crippen LogP contribution < -0.4 is 0 Å². The lowest BCUT2D eigenvalue weighted by atomic mass is 9.85. The van der Waals surface area contributed by atoms with Gasteiger partial charge in [0.1, 0.15) is 0 Å². The fourth-order valence-electron chi connectivity index (χ4n) is 2.21. The fourth-order valence-corrected chi connectivity index (χ4v) is 2.21. The topological polar surface area (TPSA) is 12.9 Å². The molecule has 1 aromatic heterocycles. The summed E-state index contributed by atoms with van der Waals surface area (Å²) in [5, 5.41) is 0. The van der Waals surface area contributed by atoms with E-state index in [4.69, 9.17) is 0 Å². The monoisotopic (exact) mass is 187 g/mol. The molecule has 1 aliphatic carbocycles. The number of hydrogen-bond donors (Lipinski definition) is 0. The Labute approximate surface area is 85.9 Å². The molecular weight excluding hydrogens is 170 g/mol. The smallest absolute Gasteiger partial charge is 0.0623 e. The highest BCUT2D eigenvalue weighted by molar-refractivity contribution is 5.41. The van der Waals surface area contributed by atoms with Crippen LogP contribution in [0.15, 0.2) is 24.9 Å². The molecule has 74 valence electrons. The molecule has 0 aromatic carbocycles. The van der Waals surface area contributed by atoms with E-state index in [1.165, 1.54) is 37.7 Å². The van der Waals surface area contributed by atoms with Gasteiger partial charge in [-0.05, 0) is 36.5 Å². The molecule has 0 spiro atoms. The molecule has 14 heavy (non-hydrogen) atoms. The maximum Gasteiger partial charge on any atom is 0.0623 e. The van der Waals surface area contributed by atoms with Crippen LogP contribution in [0, 0.1) is 0 Å². The standard InChI is InChI=1S/C13H17N/c1-2-13-9-8-12(10-14-13)11-6-4-3-5-7-11/h2,8-11H,1,3-7H2. The molecule has 0 saturated heterocycles. The second-order valence-electron chi connectivity index (χ2n) is 4.06. The van der Waals surface area contributed by atoms with Crippen molar-refractivity contribution in [2.75, 3.05) is 0 Å². The predicted octanol–water partition coefficient (Wildman–Crippen LogP) is 3.77. The van der Waals surface area contributed by atoms with Gasteiger partial charge in [-0.1, -0.05) is 31.9 Å². The first-order chi connectivity index (χ1) is 6.90. The van der Waals surface area contributed by atoms with Gasteiger partial charge in [-0.25, -0.2) is 0 Å². The Morgan fingerprint density at radius 3 is 2.57 bits per heavy atom. The summed E-state index contributed by atoms with van der Waals surface area (Å²) >= 11 is 0. The Morgan fingerprint density at radius 1 is 1.21 bits per heavy atom. The Hall–Kier alpha value is -1.11. The van der Waals surface area contributed by atoms with Gasteiger partial charge in [-0.15, -0.1) is 0 Å². The van der Waals surface area contributed by atoms with Crippen LogP contribution in [0.2, 0.25) is 0 Å². The summed E-state index contributed by atoms with van der Waals surface area (Å²) in [5.74, 6) is 0.759. The van der Waals surface area contributed by atoms with Crippen LogP contribution in [0.4, 0.5) is 0 Å². The summed E-state index contributed by atoms with van der Waals surface area (Å²) in [6, 6.07) is 4.27. The van der Waals surface area contributed by atoms with Crippen LogP contribution in [0.25, 0.3) is 6.08 Å². The van der Waals surface area contributed by atoms with Crippen molar-refractivity contribution in [1.29, 1.82) is 0 Å². The zero-order valence-corrected chi connectivity index (χ0v) is 8.58. The van der Waals surface area contributed by atoms with Gasteiger partial charge in [0.2, 0.25) is 0 Å². The molecule has 0 N–H and O–H groups in total. The van der Waals surface area contributed by atoms with Gasteiger partial charge in [0, 0.05) is 6.20 Å². The first-order valence-electron chi connectivity index (χ1n) is 5.48. The predicted molar refractivity (Wildman–Crippen MR) is 60.2 cm³/mol. The molecule has 1 heteroatoms. The summed E-state index contributed by atoms with van der Waals surface area (Å²) in [6.07, 6.45) is 10.7. The highest BCUT2D eigenvalue weighted by atomic mass is 14.7. The number of hydrogen-bond acceptors (Lipinski definition) is 1. The number of aromatic nitrogens is 1. The van der Waals surface area contributed by atoms with Gasteiger partial charge in [-0.2, -0.15) is 0 Å². The molecule has 1 fully saturated rings. The minimum Gasteiger partial charge on any atom is -0.257 e. The van der Waals surface area contributed by atoms with Crippen molar-refractivity contribution in [3.05, 3.63) is 36.2 Å². The normalized spacial score (nSPS) is 18.0. The Kier molecular flexibility index (Phi) is 2.97. The van der Waals surface area contributed by atoms with E-state index in [0.29, 0.717) is 0 Å². The molecule has 1 nitrogen and oxygen atoms in total. The van der Waals surface area contributed by atoms with E-state index in [9.17, 15) is 0 Å². The minimum absolute atomic E-state index is 0.759. The molecule has 0 bridgehead atoms. The van der Waals surface area contributed by atoms with Crippen LogP contribution in [-0.2, 0) is 0 Å². The molecule has 1 saturated carbocycles. The van der Waals surface area contributed by atoms with E-state index in [1.807, 2.05) is 6.20 Å². The lowest BCUT2D eigenvalue weighted by molar-refractivity contribution is 0.443. The van der Waals surface area contributed by atoms with E-state index in [-0.39, 0.29) is 0 Å².